The Hall–Kier alpha value is -2.22. The van der Waals surface area contributed by atoms with Crippen molar-refractivity contribution in [1.29, 1.82) is 5.26 Å². The largest absolute Gasteiger partial charge is 0.478 e. The minimum absolute atomic E-state index is 0.283. The summed E-state index contributed by atoms with van der Waals surface area (Å²) >= 11 is 0. The van der Waals surface area contributed by atoms with Gasteiger partial charge in [-0.15, -0.1) is 0 Å². The monoisotopic (exact) mass is 232 g/mol. The standard InChI is InChI=1S/C12H12N2O3/c1-7-10(12(15)16)17-11-8(6-13)4-3-5-9(11)14(7)2/h3-5,7,10H,1-2H3,(H,15,16). The molecule has 0 radical (unpaired) electrons. The number of carboxylic acids is 1. The molecule has 2 rings (SSSR count). The Morgan fingerprint density at radius 1 is 1.59 bits per heavy atom. The van der Waals surface area contributed by atoms with E-state index in [1.807, 2.05) is 17.0 Å². The third kappa shape index (κ3) is 1.68. The first kappa shape index (κ1) is 11.3. The van der Waals surface area contributed by atoms with Crippen LogP contribution in [-0.2, 0) is 4.79 Å². The van der Waals surface area contributed by atoms with Crippen LogP contribution >= 0.6 is 0 Å². The molecule has 0 amide bonds. The number of carbonyl (C=O) groups is 1. The molecule has 5 nitrogen and oxygen atoms in total. The molecule has 2 atom stereocenters. The number of aliphatic carboxylic acids is 1. The van der Waals surface area contributed by atoms with Crippen molar-refractivity contribution in [2.75, 3.05) is 11.9 Å². The van der Waals surface area contributed by atoms with Crippen LogP contribution in [0.4, 0.5) is 5.69 Å². The van der Waals surface area contributed by atoms with Crippen LogP contribution in [0.25, 0.3) is 0 Å². The summed E-state index contributed by atoms with van der Waals surface area (Å²) in [5.41, 5.74) is 1.10. The lowest BCUT2D eigenvalue weighted by Gasteiger charge is -2.37. The third-order valence-electron chi connectivity index (χ3n) is 3.03. The van der Waals surface area contributed by atoms with E-state index >= 15 is 0 Å². The number of nitrogens with zero attached hydrogens (tertiary/aromatic N) is 2. The van der Waals surface area contributed by atoms with E-state index in [1.165, 1.54) is 0 Å². The molecule has 1 aliphatic heterocycles. The summed E-state index contributed by atoms with van der Waals surface area (Å²) in [7, 11) is 1.79. The van der Waals surface area contributed by atoms with Crippen LogP contribution in [0, 0.1) is 11.3 Å². The Kier molecular flexibility index (Phi) is 2.64. The molecule has 0 bridgehead atoms. The summed E-state index contributed by atoms with van der Waals surface area (Å²) in [4.78, 5) is 12.9. The van der Waals surface area contributed by atoms with Crippen LogP contribution < -0.4 is 9.64 Å². The molecular formula is C12H12N2O3. The van der Waals surface area contributed by atoms with E-state index in [1.54, 1.807) is 26.1 Å². The predicted molar refractivity (Wildman–Crippen MR) is 61.1 cm³/mol. The zero-order chi connectivity index (χ0) is 12.6. The molecule has 1 heterocycles. The molecule has 0 fully saturated rings. The number of hydrogen-bond donors (Lipinski definition) is 1. The van der Waals surface area contributed by atoms with Gasteiger partial charge in [0, 0.05) is 7.05 Å². The fourth-order valence-corrected chi connectivity index (χ4v) is 1.92. The fourth-order valence-electron chi connectivity index (χ4n) is 1.92. The van der Waals surface area contributed by atoms with Gasteiger partial charge in [-0.05, 0) is 19.1 Å². The number of anilines is 1. The quantitative estimate of drug-likeness (QED) is 0.788. The van der Waals surface area contributed by atoms with Gasteiger partial charge in [-0.2, -0.15) is 5.26 Å². The van der Waals surface area contributed by atoms with E-state index in [0.29, 0.717) is 11.3 Å². The minimum atomic E-state index is -1.03. The van der Waals surface area contributed by atoms with Crippen molar-refractivity contribution in [1.82, 2.24) is 0 Å². The number of para-hydroxylation sites is 1. The Morgan fingerprint density at radius 2 is 2.29 bits per heavy atom. The zero-order valence-corrected chi connectivity index (χ0v) is 9.54. The first-order valence-corrected chi connectivity index (χ1v) is 5.21. The van der Waals surface area contributed by atoms with Crippen LogP contribution in [0.15, 0.2) is 18.2 Å². The molecule has 0 saturated heterocycles. The normalized spacial score (nSPS) is 22.3. The summed E-state index contributed by atoms with van der Waals surface area (Å²) in [5, 5.41) is 18.1. The topological polar surface area (TPSA) is 73.6 Å². The van der Waals surface area contributed by atoms with E-state index < -0.39 is 12.1 Å². The number of hydrogen-bond acceptors (Lipinski definition) is 4. The summed E-state index contributed by atoms with van der Waals surface area (Å²) in [6.45, 7) is 1.78. The van der Waals surface area contributed by atoms with Gasteiger partial charge in [0.05, 0.1) is 17.3 Å². The molecular weight excluding hydrogens is 220 g/mol. The molecule has 0 aliphatic carbocycles. The first-order valence-electron chi connectivity index (χ1n) is 5.21. The van der Waals surface area contributed by atoms with Crippen molar-refractivity contribution in [3.05, 3.63) is 23.8 Å². The van der Waals surface area contributed by atoms with E-state index in [0.717, 1.165) is 5.69 Å². The average molecular weight is 232 g/mol. The molecule has 0 spiro atoms. The van der Waals surface area contributed by atoms with Crippen molar-refractivity contribution in [2.24, 2.45) is 0 Å². The molecule has 1 aromatic carbocycles. The van der Waals surface area contributed by atoms with Gasteiger partial charge in [-0.25, -0.2) is 4.79 Å². The molecule has 5 heteroatoms. The van der Waals surface area contributed by atoms with E-state index in [-0.39, 0.29) is 6.04 Å². The molecule has 88 valence electrons. The van der Waals surface area contributed by atoms with Crippen molar-refractivity contribution in [2.45, 2.75) is 19.1 Å². The van der Waals surface area contributed by atoms with Gasteiger partial charge >= 0.3 is 5.97 Å². The SMILES string of the molecule is CC1C(C(=O)O)Oc2c(C#N)cccc2N1C. The number of rotatable bonds is 1. The Morgan fingerprint density at radius 3 is 2.88 bits per heavy atom. The highest BCUT2D eigenvalue weighted by atomic mass is 16.5. The maximum Gasteiger partial charge on any atom is 0.347 e. The van der Waals surface area contributed by atoms with Crippen molar-refractivity contribution < 1.29 is 14.6 Å². The number of nitriles is 1. The van der Waals surface area contributed by atoms with Gasteiger partial charge < -0.3 is 14.7 Å². The summed E-state index contributed by atoms with van der Waals surface area (Å²) < 4.78 is 5.43. The smallest absolute Gasteiger partial charge is 0.347 e. The summed E-state index contributed by atoms with van der Waals surface area (Å²) in [6.07, 6.45) is -0.956. The fraction of sp³-hybridized carbons (Fsp3) is 0.333. The summed E-state index contributed by atoms with van der Waals surface area (Å²) in [6, 6.07) is 6.90. The van der Waals surface area contributed by atoms with Gasteiger partial charge in [-0.1, -0.05) is 6.07 Å². The van der Waals surface area contributed by atoms with Crippen LogP contribution in [0.5, 0.6) is 5.75 Å². The molecule has 0 saturated carbocycles. The Bertz CT molecular complexity index is 507. The van der Waals surface area contributed by atoms with Crippen LogP contribution in [0.2, 0.25) is 0 Å². The van der Waals surface area contributed by atoms with Gasteiger partial charge in [-0.3, -0.25) is 0 Å². The number of ether oxygens (including phenoxy) is 1. The van der Waals surface area contributed by atoms with E-state index in [9.17, 15) is 4.79 Å². The third-order valence-corrected chi connectivity index (χ3v) is 3.03. The van der Waals surface area contributed by atoms with Gasteiger partial charge in [0.2, 0.25) is 6.10 Å². The lowest BCUT2D eigenvalue weighted by Crippen LogP contribution is -2.50. The second kappa shape index (κ2) is 3.98. The van der Waals surface area contributed by atoms with Crippen molar-refractivity contribution in [3.63, 3.8) is 0 Å². The number of benzene rings is 1. The number of fused-ring (bicyclic) bond motifs is 1. The molecule has 2 unspecified atom stereocenters. The highest BCUT2D eigenvalue weighted by Gasteiger charge is 2.36. The lowest BCUT2D eigenvalue weighted by atomic mass is 10.1. The van der Waals surface area contributed by atoms with Gasteiger partial charge in [0.1, 0.15) is 6.07 Å². The van der Waals surface area contributed by atoms with Crippen molar-refractivity contribution >= 4 is 11.7 Å². The Labute approximate surface area is 98.8 Å². The van der Waals surface area contributed by atoms with Crippen molar-refractivity contribution in [3.8, 4) is 11.8 Å². The van der Waals surface area contributed by atoms with Gasteiger partial charge in [0.15, 0.2) is 5.75 Å². The average Bonchev–Trinajstić information content (AvgIpc) is 2.32. The first-order chi connectivity index (χ1) is 8.06. The number of carboxylic acid groups (broad SMARTS) is 1. The Balaban J connectivity index is 2.54. The number of likely N-dealkylation sites (N-methyl/N-ethyl adjacent to an activating group) is 1. The van der Waals surface area contributed by atoms with Crippen LogP contribution in [-0.4, -0.2) is 30.3 Å². The molecule has 1 N–H and O–H groups in total. The lowest BCUT2D eigenvalue weighted by molar-refractivity contribution is -0.146. The second-order valence-corrected chi connectivity index (χ2v) is 3.99. The maximum absolute atomic E-state index is 11.1. The molecule has 17 heavy (non-hydrogen) atoms. The zero-order valence-electron chi connectivity index (χ0n) is 9.54. The highest BCUT2D eigenvalue weighted by molar-refractivity contribution is 5.78. The predicted octanol–water partition coefficient (Wildman–Crippen LogP) is 1.23. The molecule has 0 aromatic heterocycles. The maximum atomic E-state index is 11.1. The van der Waals surface area contributed by atoms with Gasteiger partial charge in [0.25, 0.3) is 0 Å². The van der Waals surface area contributed by atoms with E-state index in [2.05, 4.69) is 0 Å². The highest BCUT2D eigenvalue weighted by Crippen LogP contribution is 2.37. The molecule has 1 aromatic rings. The molecule has 1 aliphatic rings. The minimum Gasteiger partial charge on any atom is -0.478 e. The second-order valence-electron chi connectivity index (χ2n) is 3.99. The summed E-state index contributed by atoms with van der Waals surface area (Å²) in [5.74, 6) is -0.675. The van der Waals surface area contributed by atoms with E-state index in [4.69, 9.17) is 15.1 Å². The van der Waals surface area contributed by atoms with Crippen LogP contribution in [0.1, 0.15) is 12.5 Å². The van der Waals surface area contributed by atoms with Crippen LogP contribution in [0.3, 0.4) is 0 Å².